The van der Waals surface area contributed by atoms with E-state index >= 15 is 0 Å². The highest BCUT2D eigenvalue weighted by molar-refractivity contribution is 7.10. The summed E-state index contributed by atoms with van der Waals surface area (Å²) in [5.41, 5.74) is 1.24. The molecule has 1 aromatic rings. The molecular weight excluding hydrogens is 184 g/mol. The Morgan fingerprint density at radius 3 is 3.00 bits per heavy atom. The maximum absolute atomic E-state index is 9.60. The third kappa shape index (κ3) is 1.77. The van der Waals surface area contributed by atoms with Crippen molar-refractivity contribution < 1.29 is 9.84 Å². The number of aliphatic hydroxyl groups excluding tert-OH is 1. The number of ether oxygens (including phenoxy) is 1. The second-order valence-corrected chi connectivity index (χ2v) is 4.41. The van der Waals surface area contributed by atoms with Gasteiger partial charge in [-0.05, 0) is 23.4 Å². The van der Waals surface area contributed by atoms with Gasteiger partial charge in [0.25, 0.3) is 0 Å². The third-order valence-corrected chi connectivity index (χ3v) is 3.60. The Labute approximate surface area is 82.2 Å². The van der Waals surface area contributed by atoms with E-state index in [1.54, 1.807) is 11.3 Å². The lowest BCUT2D eigenvalue weighted by Gasteiger charge is -2.09. The Morgan fingerprint density at radius 2 is 2.46 bits per heavy atom. The van der Waals surface area contributed by atoms with Gasteiger partial charge in [0.15, 0.2) is 0 Å². The lowest BCUT2D eigenvalue weighted by Crippen LogP contribution is -2.14. The van der Waals surface area contributed by atoms with Crippen LogP contribution in [-0.2, 0) is 11.2 Å². The Morgan fingerprint density at radius 1 is 1.62 bits per heavy atom. The van der Waals surface area contributed by atoms with E-state index in [1.807, 2.05) is 0 Å². The van der Waals surface area contributed by atoms with Crippen LogP contribution in [0.25, 0.3) is 0 Å². The monoisotopic (exact) mass is 198 g/mol. The summed E-state index contributed by atoms with van der Waals surface area (Å²) in [6.45, 7) is 3.31. The molecule has 1 aliphatic heterocycles. The van der Waals surface area contributed by atoms with Gasteiger partial charge in [0.1, 0.15) is 0 Å². The van der Waals surface area contributed by atoms with Crippen LogP contribution in [0.2, 0.25) is 0 Å². The summed E-state index contributed by atoms with van der Waals surface area (Å²) < 4.78 is 5.22. The van der Waals surface area contributed by atoms with Crippen molar-refractivity contribution in [2.24, 2.45) is 0 Å². The van der Waals surface area contributed by atoms with Crippen molar-refractivity contribution in [1.82, 2.24) is 0 Å². The zero-order chi connectivity index (χ0) is 9.26. The molecule has 1 saturated heterocycles. The molecule has 0 saturated carbocycles. The van der Waals surface area contributed by atoms with Crippen molar-refractivity contribution in [2.45, 2.75) is 25.4 Å². The first-order chi connectivity index (χ1) is 6.31. The normalized spacial score (nSPS) is 28.2. The fraction of sp³-hybridized carbons (Fsp3) is 0.600. The van der Waals surface area contributed by atoms with E-state index in [0.29, 0.717) is 13.2 Å². The molecule has 2 heterocycles. The first-order valence-electron chi connectivity index (χ1n) is 4.64. The molecule has 0 bridgehead atoms. The zero-order valence-corrected chi connectivity index (χ0v) is 8.51. The number of hydrogen-bond acceptors (Lipinski definition) is 3. The van der Waals surface area contributed by atoms with Gasteiger partial charge in [-0.2, -0.15) is 0 Å². The van der Waals surface area contributed by atoms with Crippen LogP contribution in [0.3, 0.4) is 0 Å². The van der Waals surface area contributed by atoms with Crippen LogP contribution in [0.4, 0.5) is 0 Å². The molecule has 13 heavy (non-hydrogen) atoms. The molecular formula is C10H14O2S. The number of thiophene rings is 1. The van der Waals surface area contributed by atoms with Crippen molar-refractivity contribution in [3.63, 3.8) is 0 Å². The zero-order valence-electron chi connectivity index (χ0n) is 7.69. The highest BCUT2D eigenvalue weighted by atomic mass is 32.1. The van der Waals surface area contributed by atoms with Crippen molar-refractivity contribution >= 4 is 11.3 Å². The lowest BCUT2D eigenvalue weighted by molar-refractivity contribution is 0.124. The fourth-order valence-electron chi connectivity index (χ4n) is 1.64. The first-order valence-corrected chi connectivity index (χ1v) is 5.52. The Balaban J connectivity index is 2.15. The maximum Gasteiger partial charge on any atom is 0.0864 e. The molecule has 72 valence electrons. The summed E-state index contributed by atoms with van der Waals surface area (Å²) in [7, 11) is 0. The van der Waals surface area contributed by atoms with Crippen LogP contribution >= 0.6 is 11.3 Å². The maximum atomic E-state index is 9.60. The lowest BCUT2D eigenvalue weighted by atomic mass is 9.99. The molecule has 1 aromatic heterocycles. The Kier molecular flexibility index (Phi) is 2.67. The predicted molar refractivity (Wildman–Crippen MR) is 53.3 cm³/mol. The molecule has 2 atom stereocenters. The average Bonchev–Trinajstić information content (AvgIpc) is 2.71. The third-order valence-electron chi connectivity index (χ3n) is 2.50. The number of rotatable bonds is 2. The van der Waals surface area contributed by atoms with Gasteiger partial charge < -0.3 is 9.84 Å². The van der Waals surface area contributed by atoms with E-state index in [-0.39, 0.29) is 12.0 Å². The highest BCUT2D eigenvalue weighted by Gasteiger charge is 2.28. The van der Waals surface area contributed by atoms with Crippen LogP contribution in [0.1, 0.15) is 23.3 Å². The molecule has 2 rings (SSSR count). The van der Waals surface area contributed by atoms with Crippen LogP contribution < -0.4 is 0 Å². The molecule has 0 amide bonds. The van der Waals surface area contributed by atoms with Crippen molar-refractivity contribution in [3.8, 4) is 0 Å². The van der Waals surface area contributed by atoms with Crippen molar-refractivity contribution in [1.29, 1.82) is 0 Å². The van der Waals surface area contributed by atoms with Gasteiger partial charge in [-0.25, -0.2) is 0 Å². The molecule has 1 aliphatic rings. The number of hydrogen-bond donors (Lipinski definition) is 1. The van der Waals surface area contributed by atoms with E-state index < -0.39 is 0 Å². The smallest absolute Gasteiger partial charge is 0.0864 e. The van der Waals surface area contributed by atoms with E-state index in [4.69, 9.17) is 4.74 Å². The minimum atomic E-state index is -0.306. The molecule has 0 radical (unpaired) electrons. The van der Waals surface area contributed by atoms with Gasteiger partial charge >= 0.3 is 0 Å². The Hall–Kier alpha value is -0.380. The highest BCUT2D eigenvalue weighted by Crippen LogP contribution is 2.29. The topological polar surface area (TPSA) is 29.5 Å². The van der Waals surface area contributed by atoms with E-state index in [9.17, 15) is 5.11 Å². The van der Waals surface area contributed by atoms with Crippen molar-refractivity contribution in [3.05, 3.63) is 21.9 Å². The summed E-state index contributed by atoms with van der Waals surface area (Å²) in [4.78, 5) is 1.38. The first kappa shape index (κ1) is 9.19. The molecule has 3 heteroatoms. The summed E-state index contributed by atoms with van der Waals surface area (Å²) in [5, 5.41) is 11.7. The van der Waals surface area contributed by atoms with Gasteiger partial charge in [0, 0.05) is 10.8 Å². The van der Waals surface area contributed by atoms with Gasteiger partial charge in [0.05, 0.1) is 19.3 Å². The number of aryl methyl sites for hydroxylation is 1. The minimum absolute atomic E-state index is 0.205. The quantitative estimate of drug-likeness (QED) is 0.785. The molecule has 0 aliphatic carbocycles. The van der Waals surface area contributed by atoms with Gasteiger partial charge in [-0.15, -0.1) is 11.3 Å². The van der Waals surface area contributed by atoms with Crippen LogP contribution in [0.15, 0.2) is 11.4 Å². The molecule has 2 unspecified atom stereocenters. The summed E-state index contributed by atoms with van der Waals surface area (Å²) in [6, 6.07) is 2.19. The molecule has 0 aromatic carbocycles. The number of aliphatic hydroxyl groups is 1. The molecule has 1 fully saturated rings. The SMILES string of the molecule is CCc1cc(C2COCC2O)cs1. The molecule has 1 N–H and O–H groups in total. The van der Waals surface area contributed by atoms with Crippen molar-refractivity contribution in [2.75, 3.05) is 13.2 Å². The second kappa shape index (κ2) is 3.78. The van der Waals surface area contributed by atoms with Crippen LogP contribution in [0.5, 0.6) is 0 Å². The summed E-state index contributed by atoms with van der Waals surface area (Å²) in [5.74, 6) is 0.205. The van der Waals surface area contributed by atoms with Crippen LogP contribution in [-0.4, -0.2) is 24.4 Å². The summed E-state index contributed by atoms with van der Waals surface area (Å²) in [6.07, 6.45) is 0.772. The molecule has 2 nitrogen and oxygen atoms in total. The fourth-order valence-corrected chi connectivity index (χ4v) is 2.54. The Bertz CT molecular complexity index is 282. The second-order valence-electron chi connectivity index (χ2n) is 3.41. The van der Waals surface area contributed by atoms with Gasteiger partial charge in [0.2, 0.25) is 0 Å². The van der Waals surface area contributed by atoms with E-state index in [0.717, 1.165) is 6.42 Å². The van der Waals surface area contributed by atoms with Gasteiger partial charge in [-0.1, -0.05) is 6.92 Å². The standard InChI is InChI=1S/C10H14O2S/c1-2-8-3-7(6-13-8)9-4-12-5-10(9)11/h3,6,9-11H,2,4-5H2,1H3. The minimum Gasteiger partial charge on any atom is -0.390 e. The van der Waals surface area contributed by atoms with Crippen LogP contribution in [0, 0.1) is 0 Å². The van der Waals surface area contributed by atoms with E-state index in [2.05, 4.69) is 18.4 Å². The van der Waals surface area contributed by atoms with E-state index in [1.165, 1.54) is 10.4 Å². The van der Waals surface area contributed by atoms with Gasteiger partial charge in [-0.3, -0.25) is 0 Å². The summed E-state index contributed by atoms with van der Waals surface area (Å²) >= 11 is 1.77. The largest absolute Gasteiger partial charge is 0.390 e. The average molecular weight is 198 g/mol. The molecule has 0 spiro atoms. The predicted octanol–water partition coefficient (Wildman–Crippen LogP) is 1.79.